The summed E-state index contributed by atoms with van der Waals surface area (Å²) in [6.45, 7) is 0. The molecule has 0 atom stereocenters. The highest BCUT2D eigenvalue weighted by atomic mass is 127. The zero-order chi connectivity index (χ0) is 17.0. The fraction of sp³-hybridized carbons (Fsp3) is 0. The molecule has 7 heteroatoms. The summed E-state index contributed by atoms with van der Waals surface area (Å²) in [5.41, 5.74) is 0.923. The van der Waals surface area contributed by atoms with Gasteiger partial charge in [-0.2, -0.15) is 5.26 Å². The number of amides is 1. The number of hydrogen-bond donors (Lipinski definition) is 2. The van der Waals surface area contributed by atoms with Gasteiger partial charge < -0.3 is 10.4 Å². The number of halogens is 3. The number of carbonyl (C=O) groups excluding carboxylic acids is 1. The van der Waals surface area contributed by atoms with Crippen LogP contribution in [0.4, 0.5) is 5.69 Å². The third-order valence-corrected chi connectivity index (χ3v) is 4.74. The van der Waals surface area contributed by atoms with Crippen molar-refractivity contribution < 1.29 is 9.90 Å². The lowest BCUT2D eigenvalue weighted by atomic mass is 10.1. The maximum absolute atomic E-state index is 12.2. The third kappa shape index (κ3) is 4.92. The normalized spacial score (nSPS) is 11.0. The lowest BCUT2D eigenvalue weighted by Crippen LogP contribution is -2.13. The smallest absolute Gasteiger partial charge is 0.266 e. The third-order valence-electron chi connectivity index (χ3n) is 2.81. The van der Waals surface area contributed by atoms with Gasteiger partial charge in [-0.05, 0) is 81.6 Å². The molecule has 0 aliphatic carbocycles. The Kier molecular flexibility index (Phi) is 6.43. The standard InChI is InChI=1S/C16H9BrI2N2O2/c17-11-2-1-3-13(6-11)21-16(23)10(8-20)4-9-5-12(18)7-14(19)15(9)22/h1-7,22H,(H,21,23)/b10-4-. The maximum Gasteiger partial charge on any atom is 0.266 e. The van der Waals surface area contributed by atoms with Gasteiger partial charge in [0.2, 0.25) is 0 Å². The number of nitrogens with zero attached hydrogens (tertiary/aromatic N) is 1. The largest absolute Gasteiger partial charge is 0.506 e. The minimum absolute atomic E-state index is 0.0500. The Morgan fingerprint density at radius 2 is 2.04 bits per heavy atom. The molecule has 0 bridgehead atoms. The average Bonchev–Trinajstić information content (AvgIpc) is 2.49. The molecule has 0 aliphatic rings. The average molecular weight is 595 g/mol. The molecular formula is C16H9BrI2N2O2. The zero-order valence-electron chi connectivity index (χ0n) is 11.5. The van der Waals surface area contributed by atoms with E-state index in [-0.39, 0.29) is 11.3 Å². The summed E-state index contributed by atoms with van der Waals surface area (Å²) >= 11 is 7.43. The van der Waals surface area contributed by atoms with Gasteiger partial charge in [-0.15, -0.1) is 0 Å². The van der Waals surface area contributed by atoms with Gasteiger partial charge in [0.25, 0.3) is 5.91 Å². The van der Waals surface area contributed by atoms with E-state index in [4.69, 9.17) is 0 Å². The van der Waals surface area contributed by atoms with Crippen LogP contribution in [-0.4, -0.2) is 11.0 Å². The summed E-state index contributed by atoms with van der Waals surface area (Å²) in [6, 6.07) is 12.5. The summed E-state index contributed by atoms with van der Waals surface area (Å²) in [5.74, 6) is -0.479. The van der Waals surface area contributed by atoms with Crippen molar-refractivity contribution in [2.24, 2.45) is 0 Å². The molecule has 0 aromatic heterocycles. The van der Waals surface area contributed by atoms with Crippen molar-refractivity contribution in [3.8, 4) is 11.8 Å². The van der Waals surface area contributed by atoms with E-state index in [2.05, 4.69) is 43.8 Å². The van der Waals surface area contributed by atoms with Crippen molar-refractivity contribution in [2.75, 3.05) is 5.32 Å². The van der Waals surface area contributed by atoms with E-state index in [0.717, 1.165) is 8.04 Å². The van der Waals surface area contributed by atoms with Crippen molar-refractivity contribution in [1.82, 2.24) is 0 Å². The van der Waals surface area contributed by atoms with Gasteiger partial charge in [0.15, 0.2) is 0 Å². The molecule has 0 aliphatic heterocycles. The van der Waals surface area contributed by atoms with E-state index < -0.39 is 5.91 Å². The van der Waals surface area contributed by atoms with Gasteiger partial charge in [-0.1, -0.05) is 22.0 Å². The van der Waals surface area contributed by atoms with Crippen molar-refractivity contribution in [3.05, 3.63) is 59.1 Å². The Morgan fingerprint density at radius 1 is 1.30 bits per heavy atom. The molecular weight excluding hydrogens is 586 g/mol. The van der Waals surface area contributed by atoms with Gasteiger partial charge in [0.1, 0.15) is 17.4 Å². The van der Waals surface area contributed by atoms with Crippen LogP contribution in [0.15, 0.2) is 46.4 Å². The number of benzene rings is 2. The number of hydrogen-bond acceptors (Lipinski definition) is 3. The van der Waals surface area contributed by atoms with Crippen LogP contribution in [0.1, 0.15) is 5.56 Å². The molecule has 0 unspecified atom stereocenters. The Labute approximate surface area is 169 Å². The van der Waals surface area contributed by atoms with Crippen molar-refractivity contribution in [2.45, 2.75) is 0 Å². The first-order valence-corrected chi connectivity index (χ1v) is 9.22. The summed E-state index contributed by atoms with van der Waals surface area (Å²) in [5, 5.41) is 22.0. The molecule has 0 fully saturated rings. The number of aromatic hydroxyl groups is 1. The Bertz CT molecular complexity index is 844. The Balaban J connectivity index is 2.32. The second kappa shape index (κ2) is 8.12. The SMILES string of the molecule is N#C/C(=C/c1cc(I)cc(I)c1O)C(=O)Nc1cccc(Br)c1. The molecule has 2 N–H and O–H groups in total. The number of phenolic OH excluding ortho intramolecular Hbond substituents is 1. The van der Waals surface area contributed by atoms with Crippen molar-refractivity contribution in [1.29, 1.82) is 5.26 Å². The molecule has 1 amide bonds. The fourth-order valence-electron chi connectivity index (χ4n) is 1.76. The number of phenols is 1. The zero-order valence-corrected chi connectivity index (χ0v) is 17.4. The van der Waals surface area contributed by atoms with E-state index in [0.29, 0.717) is 14.8 Å². The summed E-state index contributed by atoms with van der Waals surface area (Å²) < 4.78 is 2.38. The first-order valence-electron chi connectivity index (χ1n) is 6.27. The first-order chi connectivity index (χ1) is 10.9. The Morgan fingerprint density at radius 3 is 2.70 bits per heavy atom. The van der Waals surface area contributed by atoms with Gasteiger partial charge in [0, 0.05) is 19.3 Å². The molecule has 2 aromatic rings. The number of anilines is 1. The second-order valence-electron chi connectivity index (χ2n) is 4.46. The Hall–Kier alpha value is -1.12. The number of nitriles is 1. The van der Waals surface area contributed by atoms with Crippen molar-refractivity contribution in [3.63, 3.8) is 0 Å². The molecule has 23 heavy (non-hydrogen) atoms. The van der Waals surface area contributed by atoms with Gasteiger partial charge in [-0.25, -0.2) is 0 Å². The quantitative estimate of drug-likeness (QED) is 0.301. The minimum atomic E-state index is -0.529. The fourth-order valence-corrected chi connectivity index (χ4v) is 4.05. The highest BCUT2D eigenvalue weighted by Gasteiger charge is 2.12. The molecule has 0 saturated carbocycles. The minimum Gasteiger partial charge on any atom is -0.506 e. The molecule has 116 valence electrons. The van der Waals surface area contributed by atoms with E-state index in [1.165, 1.54) is 6.08 Å². The number of nitrogens with one attached hydrogen (secondary N) is 1. The van der Waals surface area contributed by atoms with Gasteiger partial charge in [0.05, 0.1) is 3.57 Å². The highest BCUT2D eigenvalue weighted by molar-refractivity contribution is 14.1. The topological polar surface area (TPSA) is 73.1 Å². The monoisotopic (exact) mass is 594 g/mol. The van der Waals surface area contributed by atoms with Crippen LogP contribution in [0.2, 0.25) is 0 Å². The van der Waals surface area contributed by atoms with Crippen LogP contribution in [0.25, 0.3) is 6.08 Å². The lowest BCUT2D eigenvalue weighted by molar-refractivity contribution is -0.112. The van der Waals surface area contributed by atoms with Gasteiger partial charge in [-0.3, -0.25) is 4.79 Å². The van der Waals surface area contributed by atoms with Crippen LogP contribution in [0.3, 0.4) is 0 Å². The van der Waals surface area contributed by atoms with Crippen LogP contribution in [0, 0.1) is 18.5 Å². The summed E-state index contributed by atoms with van der Waals surface area (Å²) in [4.78, 5) is 12.2. The lowest BCUT2D eigenvalue weighted by Gasteiger charge is -2.06. The van der Waals surface area contributed by atoms with Crippen molar-refractivity contribution >= 4 is 78.8 Å². The van der Waals surface area contributed by atoms with E-state index in [9.17, 15) is 15.2 Å². The molecule has 0 spiro atoms. The second-order valence-corrected chi connectivity index (χ2v) is 7.78. The predicted octanol–water partition coefficient (Wildman–Crippen LogP) is 4.91. The van der Waals surface area contributed by atoms with Crippen LogP contribution < -0.4 is 5.32 Å². The molecule has 0 heterocycles. The molecule has 4 nitrogen and oxygen atoms in total. The predicted molar refractivity (Wildman–Crippen MR) is 110 cm³/mol. The molecule has 0 radical (unpaired) electrons. The first kappa shape index (κ1) is 18.2. The van der Waals surface area contributed by atoms with E-state index >= 15 is 0 Å². The summed E-state index contributed by atoms with van der Waals surface area (Å²) in [6.07, 6.45) is 1.38. The number of carbonyl (C=O) groups is 1. The molecule has 2 rings (SSSR count). The summed E-state index contributed by atoms with van der Waals surface area (Å²) in [7, 11) is 0. The highest BCUT2D eigenvalue weighted by Crippen LogP contribution is 2.29. The van der Waals surface area contributed by atoms with E-state index in [1.807, 2.05) is 34.7 Å². The van der Waals surface area contributed by atoms with Gasteiger partial charge >= 0.3 is 0 Å². The molecule has 2 aromatic carbocycles. The molecule has 0 saturated heterocycles. The van der Waals surface area contributed by atoms with E-state index in [1.54, 1.807) is 30.3 Å². The maximum atomic E-state index is 12.2. The van der Waals surface area contributed by atoms with Crippen LogP contribution >= 0.6 is 61.1 Å². The van der Waals surface area contributed by atoms with Crippen LogP contribution in [0.5, 0.6) is 5.75 Å². The van der Waals surface area contributed by atoms with Crippen LogP contribution in [-0.2, 0) is 4.79 Å². The number of rotatable bonds is 3.